The van der Waals surface area contributed by atoms with Gasteiger partial charge in [0.15, 0.2) is 4.90 Å². The van der Waals surface area contributed by atoms with Crippen LogP contribution in [0.5, 0.6) is 0 Å². The fourth-order valence-electron chi connectivity index (χ4n) is 2.59. The second kappa shape index (κ2) is 7.22. The second-order valence-corrected chi connectivity index (χ2v) is 7.73. The summed E-state index contributed by atoms with van der Waals surface area (Å²) < 4.78 is 28.1. The van der Waals surface area contributed by atoms with Gasteiger partial charge in [-0.25, -0.2) is 13.1 Å². The van der Waals surface area contributed by atoms with Crippen LogP contribution in [0, 0.1) is 10.1 Å². The van der Waals surface area contributed by atoms with Crippen LogP contribution in [0.1, 0.15) is 25.7 Å². The van der Waals surface area contributed by atoms with Crippen LogP contribution in [0.4, 0.5) is 5.69 Å². The first-order valence-corrected chi connectivity index (χ1v) is 8.75. The highest BCUT2D eigenvalue weighted by atomic mass is 79.9. The summed E-state index contributed by atoms with van der Waals surface area (Å²) in [7, 11) is -4.01. The Morgan fingerprint density at radius 2 is 1.95 bits per heavy atom. The molecule has 124 valence electrons. The van der Waals surface area contributed by atoms with Gasteiger partial charge in [0.1, 0.15) is 0 Å². The molecule has 1 fully saturated rings. The van der Waals surface area contributed by atoms with Crippen molar-refractivity contribution in [3.63, 3.8) is 0 Å². The van der Waals surface area contributed by atoms with Crippen molar-refractivity contribution >= 4 is 44.0 Å². The van der Waals surface area contributed by atoms with Crippen molar-refractivity contribution in [1.82, 2.24) is 4.72 Å². The summed E-state index contributed by atoms with van der Waals surface area (Å²) in [5.41, 5.74) is 4.56. The third-order valence-electron chi connectivity index (χ3n) is 3.71. The maximum atomic E-state index is 12.5. The minimum Gasteiger partial charge on any atom is -0.329 e. The summed E-state index contributed by atoms with van der Waals surface area (Å²) in [5, 5.41) is 11.0. The molecule has 3 N–H and O–H groups in total. The predicted octanol–water partition coefficient (Wildman–Crippen LogP) is 2.33. The minimum atomic E-state index is -4.01. The zero-order chi connectivity index (χ0) is 15.7. The average molecular weight is 415 g/mol. The second-order valence-electron chi connectivity index (χ2n) is 5.17. The number of nitrogens with zero attached hydrogens (tertiary/aromatic N) is 1. The van der Waals surface area contributed by atoms with Gasteiger partial charge in [-0.3, -0.25) is 10.1 Å². The Morgan fingerprint density at radius 1 is 1.36 bits per heavy atom. The van der Waals surface area contributed by atoms with Crippen LogP contribution in [0.15, 0.2) is 27.6 Å². The van der Waals surface area contributed by atoms with Gasteiger partial charge in [-0.1, -0.05) is 28.8 Å². The van der Waals surface area contributed by atoms with Gasteiger partial charge in [0.05, 0.1) is 4.92 Å². The molecule has 0 aromatic heterocycles. The number of hydrogen-bond donors (Lipinski definition) is 2. The van der Waals surface area contributed by atoms with E-state index in [1.54, 1.807) is 0 Å². The van der Waals surface area contributed by atoms with Crippen molar-refractivity contribution in [2.24, 2.45) is 5.73 Å². The van der Waals surface area contributed by atoms with Crippen molar-refractivity contribution in [2.75, 3.05) is 6.54 Å². The lowest BCUT2D eigenvalue weighted by Crippen LogP contribution is -2.51. The first-order valence-electron chi connectivity index (χ1n) is 6.48. The highest BCUT2D eigenvalue weighted by Gasteiger charge is 2.38. The Kier molecular flexibility index (Phi) is 6.34. The Hall–Kier alpha value is -0.740. The number of nitro benzene ring substituents is 1. The summed E-state index contributed by atoms with van der Waals surface area (Å²) in [5.74, 6) is 0. The zero-order valence-electron chi connectivity index (χ0n) is 11.6. The van der Waals surface area contributed by atoms with E-state index >= 15 is 0 Å². The largest absolute Gasteiger partial charge is 0.329 e. The monoisotopic (exact) mass is 413 g/mol. The van der Waals surface area contributed by atoms with Crippen molar-refractivity contribution in [3.8, 4) is 0 Å². The highest BCUT2D eigenvalue weighted by Crippen LogP contribution is 2.33. The molecule has 1 aromatic rings. The fourth-order valence-corrected chi connectivity index (χ4v) is 4.77. The smallest absolute Gasteiger partial charge is 0.289 e. The molecule has 0 amide bonds. The van der Waals surface area contributed by atoms with E-state index in [1.807, 2.05) is 0 Å². The molecule has 0 spiro atoms. The number of halogens is 2. The zero-order valence-corrected chi connectivity index (χ0v) is 14.8. The summed E-state index contributed by atoms with van der Waals surface area (Å²) in [6.07, 6.45) is 3.07. The first-order chi connectivity index (χ1) is 9.80. The molecular formula is C12H17BrClN3O4S. The molecule has 0 unspecified atom stereocenters. The minimum absolute atomic E-state index is 0. The third kappa shape index (κ3) is 3.96. The molecular weight excluding hydrogens is 398 g/mol. The lowest BCUT2D eigenvalue weighted by Gasteiger charge is -2.28. The Morgan fingerprint density at radius 3 is 2.45 bits per heavy atom. The average Bonchev–Trinajstić information content (AvgIpc) is 2.86. The quantitative estimate of drug-likeness (QED) is 0.566. The van der Waals surface area contributed by atoms with Crippen LogP contribution in [0.3, 0.4) is 0 Å². The number of hydrogen-bond acceptors (Lipinski definition) is 5. The molecule has 1 aromatic carbocycles. The van der Waals surface area contributed by atoms with Crippen LogP contribution < -0.4 is 10.5 Å². The van der Waals surface area contributed by atoms with Gasteiger partial charge in [0.2, 0.25) is 10.0 Å². The fraction of sp³-hybridized carbons (Fsp3) is 0.500. The van der Waals surface area contributed by atoms with E-state index < -0.39 is 26.2 Å². The van der Waals surface area contributed by atoms with Crippen molar-refractivity contribution in [2.45, 2.75) is 36.1 Å². The van der Waals surface area contributed by atoms with Gasteiger partial charge < -0.3 is 5.73 Å². The lowest BCUT2D eigenvalue weighted by molar-refractivity contribution is -0.387. The molecule has 7 nitrogen and oxygen atoms in total. The molecule has 0 heterocycles. The number of nitrogens with two attached hydrogens (primary N) is 1. The van der Waals surface area contributed by atoms with E-state index in [2.05, 4.69) is 20.7 Å². The van der Waals surface area contributed by atoms with E-state index in [0.717, 1.165) is 12.8 Å². The summed E-state index contributed by atoms with van der Waals surface area (Å²) >= 11 is 3.14. The van der Waals surface area contributed by atoms with Gasteiger partial charge in [0.25, 0.3) is 5.69 Å². The summed E-state index contributed by atoms with van der Waals surface area (Å²) in [4.78, 5) is 9.99. The first kappa shape index (κ1) is 19.3. The normalized spacial score (nSPS) is 17.0. The molecule has 0 saturated heterocycles. The number of sulfonamides is 1. The third-order valence-corrected chi connectivity index (χ3v) is 5.81. The van der Waals surface area contributed by atoms with Crippen molar-refractivity contribution in [1.29, 1.82) is 0 Å². The standard InChI is InChI=1S/C12H16BrN3O4S.ClH/c13-9-3-4-10(16(17)18)11(7-9)21(19,20)15-12(8-14)5-1-2-6-12;/h3-4,7,15H,1-2,5-6,8,14H2;1H. The van der Waals surface area contributed by atoms with Crippen LogP contribution in [-0.4, -0.2) is 25.4 Å². The van der Waals surface area contributed by atoms with Crippen LogP contribution in [0.25, 0.3) is 0 Å². The molecule has 0 bridgehead atoms. The van der Waals surface area contributed by atoms with Gasteiger partial charge >= 0.3 is 0 Å². The molecule has 22 heavy (non-hydrogen) atoms. The molecule has 1 saturated carbocycles. The van der Waals surface area contributed by atoms with Gasteiger partial charge in [-0.15, -0.1) is 12.4 Å². The lowest BCUT2D eigenvalue weighted by atomic mass is 10.0. The molecule has 0 aliphatic heterocycles. The van der Waals surface area contributed by atoms with E-state index in [9.17, 15) is 18.5 Å². The number of nitro groups is 1. The van der Waals surface area contributed by atoms with Crippen LogP contribution in [-0.2, 0) is 10.0 Å². The van der Waals surface area contributed by atoms with Crippen LogP contribution in [0.2, 0.25) is 0 Å². The van der Waals surface area contributed by atoms with E-state index in [0.29, 0.717) is 17.3 Å². The maximum Gasteiger partial charge on any atom is 0.289 e. The maximum absolute atomic E-state index is 12.5. The van der Waals surface area contributed by atoms with E-state index in [1.165, 1.54) is 18.2 Å². The van der Waals surface area contributed by atoms with Gasteiger partial charge in [-0.05, 0) is 25.0 Å². The topological polar surface area (TPSA) is 115 Å². The number of rotatable bonds is 5. The van der Waals surface area contributed by atoms with Crippen molar-refractivity contribution in [3.05, 3.63) is 32.8 Å². The molecule has 1 aliphatic carbocycles. The SMILES string of the molecule is Cl.NCC1(NS(=O)(=O)c2cc(Br)ccc2[N+](=O)[O-])CCCC1. The van der Waals surface area contributed by atoms with E-state index in [4.69, 9.17) is 5.73 Å². The number of benzene rings is 1. The van der Waals surface area contributed by atoms with Gasteiger partial charge in [0, 0.05) is 22.6 Å². The summed E-state index contributed by atoms with van der Waals surface area (Å²) in [6, 6.07) is 3.84. The molecule has 0 atom stereocenters. The Bertz CT molecular complexity index is 662. The molecule has 10 heteroatoms. The summed E-state index contributed by atoms with van der Waals surface area (Å²) in [6.45, 7) is 0.175. The molecule has 2 rings (SSSR count). The predicted molar refractivity (Wildman–Crippen MR) is 88.6 cm³/mol. The highest BCUT2D eigenvalue weighted by molar-refractivity contribution is 9.10. The van der Waals surface area contributed by atoms with Crippen LogP contribution >= 0.6 is 28.3 Å². The molecule has 1 aliphatic rings. The molecule has 0 radical (unpaired) electrons. The van der Waals surface area contributed by atoms with E-state index in [-0.39, 0.29) is 23.8 Å². The number of nitrogens with one attached hydrogen (secondary N) is 1. The Labute approximate surface area is 143 Å². The van der Waals surface area contributed by atoms with Gasteiger partial charge in [-0.2, -0.15) is 0 Å². The van der Waals surface area contributed by atoms with Crippen molar-refractivity contribution < 1.29 is 13.3 Å². The Balaban J connectivity index is 0.00000242.